The number of hydrogen-bond acceptors (Lipinski definition) is 4. The number of hydrogen-bond donors (Lipinski definition) is 2. The third-order valence-electron chi connectivity index (χ3n) is 3.58. The quantitative estimate of drug-likeness (QED) is 0.819. The van der Waals surface area contributed by atoms with Crippen molar-refractivity contribution in [2.24, 2.45) is 0 Å². The summed E-state index contributed by atoms with van der Waals surface area (Å²) < 4.78 is 10.5. The number of ether oxygens (including phenoxy) is 1. The summed E-state index contributed by atoms with van der Waals surface area (Å²) in [7, 11) is 1.67. The van der Waals surface area contributed by atoms with E-state index in [1.165, 1.54) is 0 Å². The van der Waals surface area contributed by atoms with Gasteiger partial charge in [-0.2, -0.15) is 0 Å². The Morgan fingerprint density at radius 1 is 1.24 bits per heavy atom. The van der Waals surface area contributed by atoms with Gasteiger partial charge in [0.15, 0.2) is 0 Å². The number of aliphatic hydroxyl groups is 1. The average Bonchev–Trinajstić information content (AvgIpc) is 3.01. The molecule has 0 aliphatic rings. The summed E-state index contributed by atoms with van der Waals surface area (Å²) in [5, 5.41) is 13.6. The van der Waals surface area contributed by atoms with Crippen molar-refractivity contribution in [3.8, 4) is 5.75 Å². The summed E-state index contributed by atoms with van der Waals surface area (Å²) in [6.45, 7) is 4.16. The minimum atomic E-state index is -0.583. The topological polar surface area (TPSA) is 54.6 Å². The average molecular weight is 289 g/mol. The molecule has 1 aromatic heterocycles. The number of rotatable bonds is 7. The zero-order valence-electron chi connectivity index (χ0n) is 12.7. The third-order valence-corrected chi connectivity index (χ3v) is 3.58. The van der Waals surface area contributed by atoms with Gasteiger partial charge in [0.2, 0.25) is 0 Å². The number of benzene rings is 1. The molecule has 0 saturated heterocycles. The fraction of sp³-hybridized carbons (Fsp3) is 0.412. The first-order valence-corrected chi connectivity index (χ1v) is 7.21. The van der Waals surface area contributed by atoms with Gasteiger partial charge < -0.3 is 19.6 Å². The van der Waals surface area contributed by atoms with Gasteiger partial charge in [0.25, 0.3) is 0 Å². The van der Waals surface area contributed by atoms with E-state index in [1.54, 1.807) is 25.5 Å². The SMILES string of the molecule is COc1cccc(C(C)NC(C)CC(O)c2ccco2)c1. The van der Waals surface area contributed by atoms with E-state index in [0.29, 0.717) is 12.2 Å². The van der Waals surface area contributed by atoms with E-state index in [-0.39, 0.29) is 12.1 Å². The standard InChI is InChI=1S/C17H23NO3/c1-12(10-16(19)17-8-5-9-21-17)18-13(2)14-6-4-7-15(11-14)20-3/h4-9,11-13,16,18-19H,10H2,1-3H3. The predicted molar refractivity (Wildman–Crippen MR) is 82.3 cm³/mol. The van der Waals surface area contributed by atoms with Gasteiger partial charge >= 0.3 is 0 Å². The Bertz CT molecular complexity index is 539. The van der Waals surface area contributed by atoms with Gasteiger partial charge in [0.05, 0.1) is 13.4 Å². The van der Waals surface area contributed by atoms with E-state index >= 15 is 0 Å². The molecule has 4 heteroatoms. The first-order chi connectivity index (χ1) is 10.1. The summed E-state index contributed by atoms with van der Waals surface area (Å²) in [4.78, 5) is 0. The van der Waals surface area contributed by atoms with E-state index in [9.17, 15) is 5.11 Å². The molecule has 2 N–H and O–H groups in total. The molecule has 21 heavy (non-hydrogen) atoms. The molecule has 0 radical (unpaired) electrons. The monoisotopic (exact) mass is 289 g/mol. The minimum absolute atomic E-state index is 0.159. The lowest BCUT2D eigenvalue weighted by Crippen LogP contribution is -2.30. The molecule has 0 aliphatic carbocycles. The van der Waals surface area contributed by atoms with Crippen LogP contribution >= 0.6 is 0 Å². The van der Waals surface area contributed by atoms with Crippen molar-refractivity contribution in [2.75, 3.05) is 7.11 Å². The summed E-state index contributed by atoms with van der Waals surface area (Å²) in [5.74, 6) is 1.46. The Balaban J connectivity index is 1.90. The molecule has 0 bridgehead atoms. The second-order valence-corrected chi connectivity index (χ2v) is 5.33. The predicted octanol–water partition coefficient (Wildman–Crippen LogP) is 3.45. The summed E-state index contributed by atoms with van der Waals surface area (Å²) in [5.41, 5.74) is 1.16. The zero-order chi connectivity index (χ0) is 15.2. The lowest BCUT2D eigenvalue weighted by molar-refractivity contribution is 0.127. The molecule has 114 valence electrons. The zero-order valence-corrected chi connectivity index (χ0v) is 12.7. The lowest BCUT2D eigenvalue weighted by atomic mass is 10.0. The van der Waals surface area contributed by atoms with Crippen LogP contribution in [-0.2, 0) is 0 Å². The molecular formula is C17H23NO3. The Morgan fingerprint density at radius 2 is 2.05 bits per heavy atom. The van der Waals surface area contributed by atoms with Crippen molar-refractivity contribution in [1.29, 1.82) is 0 Å². The molecule has 1 aromatic carbocycles. The third kappa shape index (κ3) is 4.34. The molecule has 1 heterocycles. The molecule has 0 aliphatic heterocycles. The molecule has 3 unspecified atom stereocenters. The number of aliphatic hydroxyl groups excluding tert-OH is 1. The van der Waals surface area contributed by atoms with Crippen molar-refractivity contribution >= 4 is 0 Å². The van der Waals surface area contributed by atoms with Gasteiger partial charge in [-0.1, -0.05) is 12.1 Å². The highest BCUT2D eigenvalue weighted by Crippen LogP contribution is 2.22. The first kappa shape index (κ1) is 15.6. The molecule has 3 atom stereocenters. The second kappa shape index (κ2) is 7.29. The normalized spacial score (nSPS) is 15.4. The van der Waals surface area contributed by atoms with Gasteiger partial charge in [-0.25, -0.2) is 0 Å². The van der Waals surface area contributed by atoms with E-state index in [1.807, 2.05) is 18.2 Å². The molecule has 0 amide bonds. The smallest absolute Gasteiger partial charge is 0.132 e. The lowest BCUT2D eigenvalue weighted by Gasteiger charge is -2.22. The molecule has 0 fully saturated rings. The van der Waals surface area contributed by atoms with Gasteiger partial charge in [-0.15, -0.1) is 0 Å². The fourth-order valence-corrected chi connectivity index (χ4v) is 2.43. The summed E-state index contributed by atoms with van der Waals surface area (Å²) >= 11 is 0. The summed E-state index contributed by atoms with van der Waals surface area (Å²) in [6.07, 6.45) is 1.59. The van der Waals surface area contributed by atoms with Gasteiger partial charge in [-0.05, 0) is 50.1 Å². The molecule has 0 spiro atoms. The maximum Gasteiger partial charge on any atom is 0.132 e. The minimum Gasteiger partial charge on any atom is -0.497 e. The van der Waals surface area contributed by atoms with Crippen LogP contribution in [0.5, 0.6) is 5.75 Å². The first-order valence-electron chi connectivity index (χ1n) is 7.21. The van der Waals surface area contributed by atoms with Crippen LogP contribution in [0.15, 0.2) is 47.1 Å². The maximum atomic E-state index is 10.1. The van der Waals surface area contributed by atoms with E-state index < -0.39 is 6.10 Å². The van der Waals surface area contributed by atoms with Gasteiger partial charge in [-0.3, -0.25) is 0 Å². The van der Waals surface area contributed by atoms with Crippen LogP contribution in [0, 0.1) is 0 Å². The Hall–Kier alpha value is -1.78. The van der Waals surface area contributed by atoms with Crippen LogP contribution in [0.4, 0.5) is 0 Å². The number of nitrogens with one attached hydrogen (secondary N) is 1. The fourth-order valence-electron chi connectivity index (χ4n) is 2.43. The van der Waals surface area contributed by atoms with E-state index in [0.717, 1.165) is 11.3 Å². The number of methoxy groups -OCH3 is 1. The molecule has 2 aromatic rings. The van der Waals surface area contributed by atoms with Crippen molar-refractivity contribution in [1.82, 2.24) is 5.32 Å². The van der Waals surface area contributed by atoms with Crippen LogP contribution < -0.4 is 10.1 Å². The molecule has 2 rings (SSSR count). The van der Waals surface area contributed by atoms with E-state index in [2.05, 4.69) is 25.2 Å². The van der Waals surface area contributed by atoms with Gasteiger partial charge in [0, 0.05) is 12.1 Å². The van der Waals surface area contributed by atoms with Crippen LogP contribution in [0.25, 0.3) is 0 Å². The molecular weight excluding hydrogens is 266 g/mol. The highest BCUT2D eigenvalue weighted by Gasteiger charge is 2.17. The molecule has 0 saturated carbocycles. The Morgan fingerprint density at radius 3 is 2.71 bits per heavy atom. The second-order valence-electron chi connectivity index (χ2n) is 5.33. The van der Waals surface area contributed by atoms with Crippen LogP contribution in [0.1, 0.15) is 43.7 Å². The Labute approximate surface area is 125 Å². The van der Waals surface area contributed by atoms with Crippen molar-refractivity contribution in [3.05, 3.63) is 54.0 Å². The number of furan rings is 1. The largest absolute Gasteiger partial charge is 0.497 e. The maximum absolute atomic E-state index is 10.1. The van der Waals surface area contributed by atoms with E-state index in [4.69, 9.17) is 9.15 Å². The van der Waals surface area contributed by atoms with Crippen molar-refractivity contribution < 1.29 is 14.3 Å². The van der Waals surface area contributed by atoms with Crippen LogP contribution in [0.3, 0.4) is 0 Å². The molecule has 4 nitrogen and oxygen atoms in total. The Kier molecular flexibility index (Phi) is 5.42. The summed E-state index contributed by atoms with van der Waals surface area (Å²) in [6, 6.07) is 11.9. The highest BCUT2D eigenvalue weighted by molar-refractivity contribution is 5.30. The van der Waals surface area contributed by atoms with Crippen LogP contribution in [-0.4, -0.2) is 18.3 Å². The van der Waals surface area contributed by atoms with Crippen molar-refractivity contribution in [3.63, 3.8) is 0 Å². The van der Waals surface area contributed by atoms with Crippen molar-refractivity contribution in [2.45, 2.75) is 38.5 Å². The van der Waals surface area contributed by atoms with Crippen LogP contribution in [0.2, 0.25) is 0 Å². The van der Waals surface area contributed by atoms with Gasteiger partial charge in [0.1, 0.15) is 17.6 Å². The highest BCUT2D eigenvalue weighted by atomic mass is 16.5.